The van der Waals surface area contributed by atoms with E-state index in [0.717, 1.165) is 54.0 Å². The van der Waals surface area contributed by atoms with E-state index in [-0.39, 0.29) is 0 Å². The van der Waals surface area contributed by atoms with Crippen LogP contribution < -0.4 is 19.5 Å². The van der Waals surface area contributed by atoms with Crippen molar-refractivity contribution in [3.63, 3.8) is 0 Å². The van der Waals surface area contributed by atoms with Gasteiger partial charge in [0, 0.05) is 13.1 Å². The van der Waals surface area contributed by atoms with E-state index in [0.29, 0.717) is 18.9 Å². The van der Waals surface area contributed by atoms with Gasteiger partial charge >= 0.3 is 6.09 Å². The van der Waals surface area contributed by atoms with Crippen LogP contribution in [0.3, 0.4) is 0 Å². The Hall–Kier alpha value is -3.77. The average Bonchev–Trinajstić information content (AvgIpc) is 3.53. The van der Waals surface area contributed by atoms with Gasteiger partial charge in [-0.05, 0) is 104 Å². The van der Waals surface area contributed by atoms with Crippen LogP contribution >= 0.6 is 0 Å². The van der Waals surface area contributed by atoms with Gasteiger partial charge in [0.25, 0.3) is 0 Å². The summed E-state index contributed by atoms with van der Waals surface area (Å²) in [6, 6.07) is 24.4. The summed E-state index contributed by atoms with van der Waals surface area (Å²) in [7, 11) is 1.68. The maximum Gasteiger partial charge on any atom is 0.412 e. The molecule has 1 amide bonds. The highest BCUT2D eigenvalue weighted by atomic mass is 16.6. The molecule has 224 valence electrons. The third-order valence-electron chi connectivity index (χ3n) is 7.73. The van der Waals surface area contributed by atoms with Crippen LogP contribution in [0.1, 0.15) is 69.1 Å². The van der Waals surface area contributed by atoms with E-state index in [1.807, 2.05) is 36.4 Å². The van der Waals surface area contributed by atoms with Crippen LogP contribution in [0.5, 0.6) is 17.2 Å². The Morgan fingerprint density at radius 2 is 1.43 bits per heavy atom. The second-order valence-corrected chi connectivity index (χ2v) is 11.0. The topological polar surface area (TPSA) is 60.0 Å². The van der Waals surface area contributed by atoms with E-state index < -0.39 is 6.09 Å². The van der Waals surface area contributed by atoms with Gasteiger partial charge in [-0.3, -0.25) is 4.90 Å². The fraction of sp³-hybridized carbons (Fsp3) is 0.417. The Morgan fingerprint density at radius 1 is 0.810 bits per heavy atom. The van der Waals surface area contributed by atoms with E-state index in [9.17, 15) is 4.79 Å². The van der Waals surface area contributed by atoms with Gasteiger partial charge in [0.1, 0.15) is 23.9 Å². The Balaban J connectivity index is 1.48. The Kier molecular flexibility index (Phi) is 12.3. The minimum Gasteiger partial charge on any atom is -0.497 e. The van der Waals surface area contributed by atoms with Crippen molar-refractivity contribution in [1.82, 2.24) is 10.2 Å². The number of hydrogen-bond donors (Lipinski definition) is 1. The van der Waals surface area contributed by atoms with Gasteiger partial charge in [0.15, 0.2) is 0 Å². The number of methoxy groups -OCH3 is 1. The predicted molar refractivity (Wildman–Crippen MR) is 171 cm³/mol. The normalized spacial score (nSPS) is 13.9. The van der Waals surface area contributed by atoms with Crippen molar-refractivity contribution >= 4 is 11.7 Å². The van der Waals surface area contributed by atoms with Gasteiger partial charge in [0.2, 0.25) is 0 Å². The first-order valence-corrected chi connectivity index (χ1v) is 15.4. The van der Waals surface area contributed by atoms with E-state index >= 15 is 0 Å². The molecule has 0 atom stereocenters. The molecule has 0 spiro atoms. The molecule has 1 saturated heterocycles. The number of hydrogen-bond acceptors (Lipinski definition) is 5. The summed E-state index contributed by atoms with van der Waals surface area (Å²) in [5, 5.41) is 2.85. The molecule has 3 aromatic rings. The highest BCUT2D eigenvalue weighted by Crippen LogP contribution is 2.31. The van der Waals surface area contributed by atoms with E-state index in [1.54, 1.807) is 7.11 Å². The van der Waals surface area contributed by atoms with Crippen LogP contribution in [0, 0.1) is 0 Å². The zero-order valence-electron chi connectivity index (χ0n) is 25.5. The SMILES string of the molecule is CCCCCCNC(=O)Oc1ccc(/C(=C(/C)Cc2ccc(OC)cc2)c2ccc(OCCN3CCCC3)cc2)cc1. The number of likely N-dealkylation sites (tertiary alicyclic amines) is 1. The van der Waals surface area contributed by atoms with E-state index in [1.165, 1.54) is 49.9 Å². The highest BCUT2D eigenvalue weighted by Gasteiger charge is 2.13. The first-order chi connectivity index (χ1) is 20.6. The first kappa shape index (κ1) is 31.2. The van der Waals surface area contributed by atoms with Crippen molar-refractivity contribution in [1.29, 1.82) is 0 Å². The number of unbranched alkanes of at least 4 members (excludes halogenated alkanes) is 3. The predicted octanol–water partition coefficient (Wildman–Crippen LogP) is 7.90. The molecule has 1 aliphatic heterocycles. The number of nitrogens with zero attached hydrogens (tertiary/aromatic N) is 1. The summed E-state index contributed by atoms with van der Waals surface area (Å²) in [5.41, 5.74) is 5.79. The first-order valence-electron chi connectivity index (χ1n) is 15.4. The van der Waals surface area contributed by atoms with Crippen molar-refractivity contribution in [3.8, 4) is 17.2 Å². The minimum atomic E-state index is -0.411. The van der Waals surface area contributed by atoms with Crippen molar-refractivity contribution < 1.29 is 19.0 Å². The number of carbonyl (C=O) groups excluding carboxylic acids is 1. The smallest absolute Gasteiger partial charge is 0.412 e. The summed E-state index contributed by atoms with van der Waals surface area (Å²) in [6.45, 7) is 9.01. The van der Waals surface area contributed by atoms with Gasteiger partial charge in [-0.15, -0.1) is 0 Å². The van der Waals surface area contributed by atoms with Gasteiger partial charge in [-0.1, -0.05) is 68.2 Å². The molecule has 0 unspecified atom stereocenters. The molecular weight excluding hydrogens is 524 g/mol. The lowest BCUT2D eigenvalue weighted by Gasteiger charge is -2.17. The number of amides is 1. The van der Waals surface area contributed by atoms with Crippen LogP contribution in [0.15, 0.2) is 78.4 Å². The van der Waals surface area contributed by atoms with E-state index in [2.05, 4.69) is 60.5 Å². The molecule has 3 aromatic carbocycles. The van der Waals surface area contributed by atoms with Crippen LogP contribution in [0.2, 0.25) is 0 Å². The molecule has 0 aromatic heterocycles. The molecule has 4 rings (SSSR count). The van der Waals surface area contributed by atoms with Crippen molar-refractivity contribution in [3.05, 3.63) is 95.1 Å². The molecule has 6 heteroatoms. The monoisotopic (exact) mass is 570 g/mol. The lowest BCUT2D eigenvalue weighted by molar-refractivity contribution is 0.200. The molecule has 42 heavy (non-hydrogen) atoms. The van der Waals surface area contributed by atoms with Crippen molar-refractivity contribution in [2.75, 3.05) is 39.9 Å². The quantitative estimate of drug-likeness (QED) is 0.188. The van der Waals surface area contributed by atoms with Gasteiger partial charge in [0.05, 0.1) is 7.11 Å². The summed E-state index contributed by atoms with van der Waals surface area (Å²) in [5.74, 6) is 2.26. The molecule has 1 N–H and O–H groups in total. The van der Waals surface area contributed by atoms with Crippen LogP contribution in [-0.4, -0.2) is 50.9 Å². The molecular formula is C36H46N2O4. The fourth-order valence-electron chi connectivity index (χ4n) is 5.39. The number of nitrogens with one attached hydrogen (secondary N) is 1. The number of benzene rings is 3. The van der Waals surface area contributed by atoms with Crippen molar-refractivity contribution in [2.24, 2.45) is 0 Å². The average molecular weight is 571 g/mol. The fourth-order valence-corrected chi connectivity index (χ4v) is 5.39. The number of rotatable bonds is 15. The third-order valence-corrected chi connectivity index (χ3v) is 7.73. The Labute approximate surface area is 251 Å². The van der Waals surface area contributed by atoms with Crippen molar-refractivity contribution in [2.45, 2.75) is 58.8 Å². The summed E-state index contributed by atoms with van der Waals surface area (Å²) in [6.07, 6.45) is 7.40. The van der Waals surface area contributed by atoms with Gasteiger partial charge in [-0.25, -0.2) is 4.79 Å². The lowest BCUT2D eigenvalue weighted by atomic mass is 9.90. The molecule has 1 heterocycles. The molecule has 0 aliphatic carbocycles. The highest BCUT2D eigenvalue weighted by molar-refractivity contribution is 5.83. The Morgan fingerprint density at radius 3 is 2.05 bits per heavy atom. The third kappa shape index (κ3) is 9.66. The summed E-state index contributed by atoms with van der Waals surface area (Å²) < 4.78 is 16.9. The minimum absolute atomic E-state index is 0.411. The molecule has 1 fully saturated rings. The standard InChI is InChI=1S/C36H46N2O4/c1-4-5-6-7-22-37-36(39)42-34-20-14-31(15-21-34)35(28(2)27-29-10-16-32(40-3)17-11-29)30-12-18-33(19-13-30)41-26-25-38-23-8-9-24-38/h10-21H,4-9,22-27H2,1-3H3,(H,37,39)/b35-28-. The molecule has 0 radical (unpaired) electrons. The van der Waals surface area contributed by atoms with Gasteiger partial charge in [-0.2, -0.15) is 0 Å². The van der Waals surface area contributed by atoms with E-state index in [4.69, 9.17) is 14.2 Å². The summed E-state index contributed by atoms with van der Waals surface area (Å²) in [4.78, 5) is 14.7. The molecule has 0 saturated carbocycles. The molecule has 0 bridgehead atoms. The maximum atomic E-state index is 12.3. The second kappa shape index (κ2) is 16.6. The van der Waals surface area contributed by atoms with Crippen LogP contribution in [-0.2, 0) is 6.42 Å². The zero-order valence-corrected chi connectivity index (χ0v) is 25.5. The summed E-state index contributed by atoms with van der Waals surface area (Å²) >= 11 is 0. The second-order valence-electron chi connectivity index (χ2n) is 11.0. The molecule has 1 aliphatic rings. The number of allylic oxidation sites excluding steroid dienone is 1. The van der Waals surface area contributed by atoms with Gasteiger partial charge < -0.3 is 19.5 Å². The Bertz CT molecular complexity index is 1260. The number of ether oxygens (including phenoxy) is 3. The largest absolute Gasteiger partial charge is 0.497 e. The maximum absolute atomic E-state index is 12.3. The van der Waals surface area contributed by atoms with Crippen LogP contribution in [0.25, 0.3) is 5.57 Å². The lowest BCUT2D eigenvalue weighted by Crippen LogP contribution is -2.27. The van der Waals surface area contributed by atoms with Crippen LogP contribution in [0.4, 0.5) is 4.79 Å². The zero-order chi connectivity index (χ0) is 29.6. The number of carbonyl (C=O) groups is 1. The molecule has 6 nitrogen and oxygen atoms in total.